The third-order valence-electron chi connectivity index (χ3n) is 3.58. The Morgan fingerprint density at radius 1 is 1.48 bits per heavy atom. The van der Waals surface area contributed by atoms with Crippen molar-refractivity contribution in [3.8, 4) is 11.3 Å². The predicted octanol–water partition coefficient (Wildman–Crippen LogP) is 0.633. The summed E-state index contributed by atoms with van der Waals surface area (Å²) in [5.41, 5.74) is 0.198. The highest BCUT2D eigenvalue weighted by Gasteiger charge is 2.22. The van der Waals surface area contributed by atoms with Crippen molar-refractivity contribution in [2.45, 2.75) is 19.3 Å². The normalized spacial score (nSPS) is 12.4. The molecular weight excluding hydrogens is 330 g/mol. The summed E-state index contributed by atoms with van der Waals surface area (Å²) in [5.74, 6) is 0.0399. The van der Waals surface area contributed by atoms with Crippen LogP contribution in [0.4, 0.5) is 0 Å². The van der Waals surface area contributed by atoms with Gasteiger partial charge in [-0.1, -0.05) is 0 Å². The average Bonchev–Trinajstić information content (AvgIpc) is 3.24. The van der Waals surface area contributed by atoms with Crippen LogP contribution in [0.3, 0.4) is 0 Å². The first-order valence-electron chi connectivity index (χ1n) is 7.53. The molecule has 9 heteroatoms. The molecule has 1 atom stereocenters. The number of aliphatic hydroxyl groups excluding tert-OH is 1. The van der Waals surface area contributed by atoms with Gasteiger partial charge in [-0.3, -0.25) is 4.79 Å². The van der Waals surface area contributed by atoms with Gasteiger partial charge in [-0.05, 0) is 12.1 Å². The molecule has 1 aromatic heterocycles. The predicted molar refractivity (Wildman–Crippen MR) is 85.2 cm³/mol. The van der Waals surface area contributed by atoms with Gasteiger partial charge in [0.15, 0.2) is 0 Å². The van der Waals surface area contributed by atoms with E-state index in [0.29, 0.717) is 5.76 Å². The fraction of sp³-hybridized carbons (Fsp3) is 0.312. The van der Waals surface area contributed by atoms with Crippen LogP contribution in [0.15, 0.2) is 40.0 Å². The minimum atomic E-state index is -0.843. The van der Waals surface area contributed by atoms with Crippen molar-refractivity contribution in [3.05, 3.63) is 52.5 Å². The van der Waals surface area contributed by atoms with Gasteiger partial charge >= 0.3 is 5.97 Å². The van der Waals surface area contributed by atoms with E-state index in [1.165, 1.54) is 24.1 Å². The first kappa shape index (κ1) is 16.9. The van der Waals surface area contributed by atoms with Gasteiger partial charge in [-0.25, -0.2) is 9.89 Å². The average molecular weight is 347 g/mol. The Labute approximate surface area is 142 Å². The Hall–Kier alpha value is -2.91. The second kappa shape index (κ2) is 7.32. The maximum atomic E-state index is 11.9. The Bertz CT molecular complexity index is 867. The Balaban J connectivity index is 1.71. The third kappa shape index (κ3) is 3.78. The molecule has 9 nitrogen and oxygen atoms in total. The topological polar surface area (TPSA) is 120 Å². The Morgan fingerprint density at radius 3 is 3.04 bits per heavy atom. The molecule has 0 aliphatic carbocycles. The molecule has 0 aromatic carbocycles. The minimum absolute atomic E-state index is 0.0644. The number of pyridine rings is 1. The number of nitrogens with one attached hydrogen (secondary N) is 1. The Kier molecular flexibility index (Phi) is 4.96. The summed E-state index contributed by atoms with van der Waals surface area (Å²) in [6, 6.07) is 3.52. The smallest absolute Gasteiger partial charge is 0.341 e. The number of fused-ring (bicyclic) bond motifs is 1. The van der Waals surface area contributed by atoms with Gasteiger partial charge < -0.3 is 23.6 Å². The van der Waals surface area contributed by atoms with Gasteiger partial charge in [0, 0.05) is 12.4 Å². The molecule has 132 valence electrons. The zero-order chi connectivity index (χ0) is 17.8. The number of nitrogens with zero attached hydrogens (tertiary/aromatic N) is 2. The summed E-state index contributed by atoms with van der Waals surface area (Å²) in [6.07, 6.45) is 3.69. The molecule has 25 heavy (non-hydrogen) atoms. The highest BCUT2D eigenvalue weighted by Crippen LogP contribution is 2.20. The quantitative estimate of drug-likeness (QED) is 0.602. The lowest BCUT2D eigenvalue weighted by Gasteiger charge is -2.15. The van der Waals surface area contributed by atoms with Crippen molar-refractivity contribution in [1.82, 2.24) is 14.8 Å². The van der Waals surface area contributed by atoms with E-state index in [0.717, 1.165) is 0 Å². The van der Waals surface area contributed by atoms with E-state index in [4.69, 9.17) is 13.9 Å². The highest BCUT2D eigenvalue weighted by molar-refractivity contribution is 5.95. The van der Waals surface area contributed by atoms with Gasteiger partial charge in [0.25, 0.3) is 5.56 Å². The van der Waals surface area contributed by atoms with E-state index in [2.05, 4.69) is 10.2 Å². The van der Waals surface area contributed by atoms with Crippen LogP contribution in [0.5, 0.6) is 0 Å². The lowest BCUT2D eigenvalue weighted by molar-refractivity contribution is 0.0145. The van der Waals surface area contributed by atoms with E-state index < -0.39 is 17.6 Å². The van der Waals surface area contributed by atoms with Gasteiger partial charge in [-0.15, -0.1) is 0 Å². The first-order chi connectivity index (χ1) is 12.1. The summed E-state index contributed by atoms with van der Waals surface area (Å²) in [7, 11) is 1.24. The van der Waals surface area contributed by atoms with Crippen LogP contribution < -0.4 is 5.56 Å². The lowest BCUT2D eigenvalue weighted by atomic mass is 10.1. The fourth-order valence-electron chi connectivity index (χ4n) is 2.44. The minimum Gasteiger partial charge on any atom is -0.467 e. The molecule has 0 saturated carbocycles. The summed E-state index contributed by atoms with van der Waals surface area (Å²) in [6.45, 7) is 0.436. The number of H-pyrrole nitrogens is 1. The number of hydrogen-bond acceptors (Lipinski definition) is 7. The molecule has 0 saturated heterocycles. The number of esters is 1. The van der Waals surface area contributed by atoms with E-state index >= 15 is 0 Å². The maximum absolute atomic E-state index is 11.9. The van der Waals surface area contributed by atoms with Crippen LogP contribution in [0.2, 0.25) is 0 Å². The molecule has 0 bridgehead atoms. The zero-order valence-electron chi connectivity index (χ0n) is 13.5. The van der Waals surface area contributed by atoms with Gasteiger partial charge in [0.05, 0.1) is 38.2 Å². The van der Waals surface area contributed by atoms with Crippen LogP contribution in [0, 0.1) is 0 Å². The zero-order valence-corrected chi connectivity index (χ0v) is 13.5. The molecule has 0 spiro atoms. The number of ether oxygens (including phenoxy) is 2. The molecule has 2 aliphatic heterocycles. The number of aromatic amines is 1. The fourth-order valence-corrected chi connectivity index (χ4v) is 2.44. The summed E-state index contributed by atoms with van der Waals surface area (Å²) < 4.78 is 16.8. The maximum Gasteiger partial charge on any atom is 0.341 e. The second-order valence-corrected chi connectivity index (χ2v) is 5.42. The largest absolute Gasteiger partial charge is 0.467 e. The number of aromatic nitrogens is 3. The van der Waals surface area contributed by atoms with Gasteiger partial charge in [-0.2, -0.15) is 5.10 Å². The molecule has 0 unspecified atom stereocenters. The Morgan fingerprint density at radius 2 is 2.32 bits per heavy atom. The molecule has 3 rings (SSSR count). The number of aliphatic hydroxyl groups is 1. The standard InChI is InChI=1S/C16H17N3O6/c1-23-16(22)13-7-19(6-12-14(13)17-18-15(12)21)5-10(20)8-24-9-11-3-2-4-25-11/h2-4,6-7,10,20H,5,8-9H2,1H3,(H,18,21)/t10-/m1/s1. The second-order valence-electron chi connectivity index (χ2n) is 5.42. The van der Waals surface area contributed by atoms with Crippen LogP contribution in [0.1, 0.15) is 16.1 Å². The van der Waals surface area contributed by atoms with E-state index in [1.54, 1.807) is 18.4 Å². The van der Waals surface area contributed by atoms with Crippen LogP contribution in [0.25, 0.3) is 11.3 Å². The molecule has 2 N–H and O–H groups in total. The number of carbonyl (C=O) groups is 1. The van der Waals surface area contributed by atoms with Crippen molar-refractivity contribution in [3.63, 3.8) is 0 Å². The molecule has 0 amide bonds. The lowest BCUT2D eigenvalue weighted by Crippen LogP contribution is -2.23. The van der Waals surface area contributed by atoms with E-state index in [1.807, 2.05) is 0 Å². The van der Waals surface area contributed by atoms with E-state index in [9.17, 15) is 14.7 Å². The summed E-state index contributed by atoms with van der Waals surface area (Å²) >= 11 is 0. The van der Waals surface area contributed by atoms with Crippen LogP contribution >= 0.6 is 0 Å². The van der Waals surface area contributed by atoms with Crippen molar-refractivity contribution in [1.29, 1.82) is 0 Å². The SMILES string of the molecule is COC(=O)c1cn(C[C@@H](O)COCc2ccco2)cc2c(=O)[nH]nc1-2. The monoisotopic (exact) mass is 347 g/mol. The van der Waals surface area contributed by atoms with Crippen molar-refractivity contribution >= 4 is 5.97 Å². The number of carbonyl (C=O) groups excluding carboxylic acids is 1. The summed E-state index contributed by atoms with van der Waals surface area (Å²) in [4.78, 5) is 23.7. The number of methoxy groups -OCH3 is 1. The highest BCUT2D eigenvalue weighted by atomic mass is 16.5. The first-order valence-corrected chi connectivity index (χ1v) is 7.53. The molecule has 2 aliphatic rings. The van der Waals surface area contributed by atoms with Gasteiger partial charge in [0.1, 0.15) is 23.6 Å². The molecule has 1 aromatic rings. The molecule has 0 radical (unpaired) electrons. The van der Waals surface area contributed by atoms with Gasteiger partial charge in [0.2, 0.25) is 0 Å². The van der Waals surface area contributed by atoms with Crippen molar-refractivity contribution in [2.24, 2.45) is 0 Å². The number of rotatable bonds is 7. The van der Waals surface area contributed by atoms with Crippen LogP contribution in [-0.2, 0) is 22.6 Å². The number of hydrogen-bond donors (Lipinski definition) is 2. The van der Waals surface area contributed by atoms with Crippen LogP contribution in [-0.4, -0.2) is 45.7 Å². The van der Waals surface area contributed by atoms with E-state index in [-0.39, 0.29) is 36.6 Å². The van der Waals surface area contributed by atoms with Crippen molar-refractivity contribution in [2.75, 3.05) is 13.7 Å². The molecular formula is C16H17N3O6. The third-order valence-corrected chi connectivity index (χ3v) is 3.58. The van der Waals surface area contributed by atoms with Crippen molar-refractivity contribution < 1.29 is 23.8 Å². The molecule has 3 heterocycles. The number of furan rings is 1. The molecule has 0 fully saturated rings. The summed E-state index contributed by atoms with van der Waals surface area (Å²) in [5, 5.41) is 16.3.